The Balaban J connectivity index is 2.37. The molecule has 0 aliphatic heterocycles. The van der Waals surface area contributed by atoms with Crippen molar-refractivity contribution in [1.82, 2.24) is 4.98 Å². The van der Waals surface area contributed by atoms with Gasteiger partial charge in [0.05, 0.1) is 23.3 Å². The zero-order chi connectivity index (χ0) is 15.7. The van der Waals surface area contributed by atoms with E-state index in [0.717, 1.165) is 0 Å². The lowest BCUT2D eigenvalue weighted by molar-refractivity contribution is 0.0697. The summed E-state index contributed by atoms with van der Waals surface area (Å²) in [6, 6.07) is 14.3. The summed E-state index contributed by atoms with van der Waals surface area (Å²) in [5.74, 6) is -0.513. The summed E-state index contributed by atoms with van der Waals surface area (Å²) in [5.41, 5.74) is 1.68. The third-order valence-electron chi connectivity index (χ3n) is 3.39. The van der Waals surface area contributed by atoms with Gasteiger partial charge in [0.2, 0.25) is 0 Å². The highest BCUT2D eigenvalue weighted by atomic mass is 35.5. The van der Waals surface area contributed by atoms with E-state index in [4.69, 9.17) is 16.3 Å². The Morgan fingerprint density at radius 3 is 2.55 bits per heavy atom. The number of carboxylic acids is 1. The third kappa shape index (κ3) is 2.38. The van der Waals surface area contributed by atoms with Crippen molar-refractivity contribution in [1.29, 1.82) is 0 Å². The van der Waals surface area contributed by atoms with E-state index >= 15 is 0 Å². The van der Waals surface area contributed by atoms with Crippen molar-refractivity contribution in [3.63, 3.8) is 0 Å². The fraction of sp³-hybridized carbons (Fsp3) is 0.0588. The highest BCUT2D eigenvalue weighted by molar-refractivity contribution is 6.39. The molecule has 1 heterocycles. The van der Waals surface area contributed by atoms with Crippen molar-refractivity contribution < 1.29 is 14.6 Å². The molecule has 3 aromatic rings. The number of carboxylic acid groups (broad SMARTS) is 1. The molecule has 5 heteroatoms. The largest absolute Gasteiger partial charge is 0.497 e. The van der Waals surface area contributed by atoms with E-state index in [1.807, 2.05) is 18.2 Å². The molecule has 0 fully saturated rings. The Hall–Kier alpha value is -2.59. The Bertz CT molecular complexity index is 863. The molecule has 0 bridgehead atoms. The number of methoxy groups -OCH3 is 1. The van der Waals surface area contributed by atoms with Crippen LogP contribution in [0.1, 0.15) is 10.4 Å². The van der Waals surface area contributed by atoms with Gasteiger partial charge in [0.1, 0.15) is 11.3 Å². The Morgan fingerprint density at radius 1 is 1.18 bits per heavy atom. The van der Waals surface area contributed by atoms with E-state index < -0.39 is 5.97 Å². The van der Waals surface area contributed by atoms with Crippen LogP contribution in [0.4, 0.5) is 0 Å². The van der Waals surface area contributed by atoms with Crippen LogP contribution in [0.15, 0.2) is 48.5 Å². The molecule has 0 amide bonds. The van der Waals surface area contributed by atoms with Crippen LogP contribution in [0.25, 0.3) is 22.2 Å². The molecule has 1 aromatic heterocycles. The number of aromatic nitrogens is 1. The summed E-state index contributed by atoms with van der Waals surface area (Å²) in [4.78, 5) is 16.1. The number of halogens is 1. The smallest absolute Gasteiger partial charge is 0.339 e. The lowest BCUT2D eigenvalue weighted by Crippen LogP contribution is -2.04. The van der Waals surface area contributed by atoms with Gasteiger partial charge in [0.15, 0.2) is 0 Å². The molecule has 2 aromatic carbocycles. The van der Waals surface area contributed by atoms with Crippen LogP contribution in [0.3, 0.4) is 0 Å². The number of nitrogens with zero attached hydrogens (tertiary/aromatic N) is 1. The van der Waals surface area contributed by atoms with Gasteiger partial charge in [0.25, 0.3) is 0 Å². The maximum atomic E-state index is 11.7. The van der Waals surface area contributed by atoms with E-state index in [9.17, 15) is 9.90 Å². The Morgan fingerprint density at radius 2 is 1.91 bits per heavy atom. The first-order chi connectivity index (χ1) is 10.6. The molecule has 0 atom stereocenters. The van der Waals surface area contributed by atoms with Gasteiger partial charge in [-0.3, -0.25) is 0 Å². The minimum atomic E-state index is -1.11. The fourth-order valence-corrected chi connectivity index (χ4v) is 2.65. The molecular formula is C17H12ClNO3. The Kier molecular flexibility index (Phi) is 3.69. The quantitative estimate of drug-likeness (QED) is 0.784. The molecule has 1 N–H and O–H groups in total. The van der Waals surface area contributed by atoms with Gasteiger partial charge in [-0.2, -0.15) is 0 Å². The molecule has 0 unspecified atom stereocenters. The lowest BCUT2D eigenvalue weighted by Gasteiger charge is -2.11. The van der Waals surface area contributed by atoms with Crippen LogP contribution in [0.5, 0.6) is 5.75 Å². The van der Waals surface area contributed by atoms with Crippen LogP contribution < -0.4 is 4.74 Å². The van der Waals surface area contributed by atoms with Crippen LogP contribution >= 0.6 is 11.6 Å². The van der Waals surface area contributed by atoms with Crippen molar-refractivity contribution in [2.75, 3.05) is 7.11 Å². The van der Waals surface area contributed by atoms with Crippen LogP contribution in [0.2, 0.25) is 5.02 Å². The highest BCUT2D eigenvalue weighted by Crippen LogP contribution is 2.35. The van der Waals surface area contributed by atoms with Crippen LogP contribution in [-0.2, 0) is 0 Å². The van der Waals surface area contributed by atoms with Crippen LogP contribution in [-0.4, -0.2) is 23.2 Å². The van der Waals surface area contributed by atoms with Gasteiger partial charge in [-0.1, -0.05) is 41.9 Å². The summed E-state index contributed by atoms with van der Waals surface area (Å²) in [7, 11) is 1.54. The molecule has 110 valence electrons. The first-order valence-corrected chi connectivity index (χ1v) is 6.95. The SMILES string of the molecule is COc1ccc2nc(-c3ccccc3)c(C(=O)O)c(Cl)c2c1. The van der Waals surface area contributed by atoms with Crippen molar-refractivity contribution in [2.45, 2.75) is 0 Å². The number of pyridine rings is 1. The second-order valence-electron chi connectivity index (χ2n) is 4.70. The minimum Gasteiger partial charge on any atom is -0.497 e. The van der Waals surface area contributed by atoms with E-state index in [0.29, 0.717) is 27.9 Å². The first-order valence-electron chi connectivity index (χ1n) is 6.58. The number of carbonyl (C=O) groups is 1. The summed E-state index contributed by atoms with van der Waals surface area (Å²) < 4.78 is 5.16. The highest BCUT2D eigenvalue weighted by Gasteiger charge is 2.20. The summed E-state index contributed by atoms with van der Waals surface area (Å²) in [6.45, 7) is 0. The molecular weight excluding hydrogens is 302 g/mol. The fourth-order valence-electron chi connectivity index (χ4n) is 2.33. The van der Waals surface area contributed by atoms with E-state index in [1.165, 1.54) is 0 Å². The maximum Gasteiger partial charge on any atom is 0.339 e. The molecule has 0 radical (unpaired) electrons. The molecule has 22 heavy (non-hydrogen) atoms. The number of ether oxygens (including phenoxy) is 1. The summed E-state index contributed by atoms with van der Waals surface area (Å²) >= 11 is 6.34. The topological polar surface area (TPSA) is 59.4 Å². The van der Waals surface area contributed by atoms with E-state index in [2.05, 4.69) is 4.98 Å². The minimum absolute atomic E-state index is 0.00591. The molecule has 0 aliphatic rings. The second kappa shape index (κ2) is 5.66. The van der Waals surface area contributed by atoms with Crippen molar-refractivity contribution in [3.8, 4) is 17.0 Å². The molecule has 3 rings (SSSR count). The van der Waals surface area contributed by atoms with Crippen molar-refractivity contribution >= 4 is 28.5 Å². The standard InChI is InChI=1S/C17H12ClNO3/c1-22-11-7-8-13-12(9-11)15(18)14(17(20)21)16(19-13)10-5-3-2-4-6-10/h2-9H,1H3,(H,20,21). The normalized spacial score (nSPS) is 10.6. The molecule has 0 saturated carbocycles. The number of fused-ring (bicyclic) bond motifs is 1. The lowest BCUT2D eigenvalue weighted by atomic mass is 10.0. The van der Waals surface area contributed by atoms with Gasteiger partial charge < -0.3 is 9.84 Å². The predicted molar refractivity (Wildman–Crippen MR) is 85.7 cm³/mol. The monoisotopic (exact) mass is 313 g/mol. The second-order valence-corrected chi connectivity index (χ2v) is 5.08. The Labute approximate surface area is 131 Å². The summed E-state index contributed by atoms with van der Waals surface area (Å²) in [6.07, 6.45) is 0. The molecule has 4 nitrogen and oxygen atoms in total. The van der Waals surface area contributed by atoms with Gasteiger partial charge in [0, 0.05) is 10.9 Å². The van der Waals surface area contributed by atoms with Crippen molar-refractivity contribution in [3.05, 3.63) is 59.1 Å². The zero-order valence-corrected chi connectivity index (χ0v) is 12.5. The average Bonchev–Trinajstić information content (AvgIpc) is 2.54. The number of aromatic carboxylic acids is 1. The number of hydrogen-bond acceptors (Lipinski definition) is 3. The average molecular weight is 314 g/mol. The first kappa shape index (κ1) is 14.4. The van der Waals surface area contributed by atoms with Gasteiger partial charge in [-0.05, 0) is 18.2 Å². The predicted octanol–water partition coefficient (Wildman–Crippen LogP) is 4.26. The van der Waals surface area contributed by atoms with E-state index in [1.54, 1.807) is 37.4 Å². The number of rotatable bonds is 3. The van der Waals surface area contributed by atoms with Crippen molar-refractivity contribution in [2.24, 2.45) is 0 Å². The van der Waals surface area contributed by atoms with Gasteiger partial charge in [-0.25, -0.2) is 9.78 Å². The van der Waals surface area contributed by atoms with Gasteiger partial charge in [-0.15, -0.1) is 0 Å². The van der Waals surface area contributed by atoms with Crippen LogP contribution in [0, 0.1) is 0 Å². The van der Waals surface area contributed by atoms with E-state index in [-0.39, 0.29) is 10.6 Å². The summed E-state index contributed by atoms with van der Waals surface area (Å²) in [5, 5.41) is 10.3. The molecule has 0 saturated heterocycles. The number of hydrogen-bond donors (Lipinski definition) is 1. The zero-order valence-electron chi connectivity index (χ0n) is 11.7. The van der Waals surface area contributed by atoms with Gasteiger partial charge >= 0.3 is 5.97 Å². The maximum absolute atomic E-state index is 11.7. The third-order valence-corrected chi connectivity index (χ3v) is 3.78. The number of benzene rings is 2. The molecule has 0 aliphatic carbocycles. The molecule has 0 spiro atoms.